The molecule has 2 aromatic rings. The second-order valence-corrected chi connectivity index (χ2v) is 5.21. The molecule has 2 aromatic carbocycles. The average molecular weight is 297 g/mol. The van der Waals surface area contributed by atoms with Crippen LogP contribution < -0.4 is 10.1 Å². The summed E-state index contributed by atoms with van der Waals surface area (Å²) in [5.41, 5.74) is 2.84. The number of benzene rings is 2. The molecule has 0 unspecified atom stereocenters. The summed E-state index contributed by atoms with van der Waals surface area (Å²) in [6, 6.07) is 10.1. The summed E-state index contributed by atoms with van der Waals surface area (Å²) in [7, 11) is 0. The smallest absolute Gasteiger partial charge is 0.336 e. The zero-order chi connectivity index (χ0) is 15.7. The van der Waals surface area contributed by atoms with E-state index in [9.17, 15) is 9.59 Å². The first-order valence-corrected chi connectivity index (χ1v) is 6.95. The molecule has 1 aliphatic rings. The van der Waals surface area contributed by atoms with Gasteiger partial charge >= 0.3 is 5.97 Å². The quantitative estimate of drug-likeness (QED) is 0.913. The number of carboxylic acid groups (broad SMARTS) is 1. The zero-order valence-corrected chi connectivity index (χ0v) is 12.1. The Balaban J connectivity index is 1.82. The van der Waals surface area contributed by atoms with Gasteiger partial charge < -0.3 is 15.2 Å². The molecule has 112 valence electrons. The molecule has 3 rings (SSSR count). The maximum absolute atomic E-state index is 12.3. The van der Waals surface area contributed by atoms with E-state index in [2.05, 4.69) is 5.32 Å². The number of carbonyl (C=O) groups excluding carboxylic acids is 1. The minimum atomic E-state index is -1.01. The lowest BCUT2D eigenvalue weighted by molar-refractivity contribution is 0.0695. The molecular weight excluding hydrogens is 282 g/mol. The van der Waals surface area contributed by atoms with E-state index in [0.717, 1.165) is 17.7 Å². The number of aromatic carboxylic acids is 1. The van der Waals surface area contributed by atoms with Gasteiger partial charge in [-0.25, -0.2) is 4.79 Å². The predicted octanol–water partition coefficient (Wildman–Crippen LogP) is 2.88. The number of aryl methyl sites for hydroxylation is 1. The highest BCUT2D eigenvalue weighted by molar-refractivity contribution is 6.05. The first kappa shape index (κ1) is 14.1. The Kier molecular flexibility index (Phi) is 3.55. The molecule has 0 radical (unpaired) electrons. The predicted molar refractivity (Wildman–Crippen MR) is 81.7 cm³/mol. The first-order valence-electron chi connectivity index (χ1n) is 6.95. The van der Waals surface area contributed by atoms with E-state index in [1.807, 2.05) is 6.07 Å². The number of rotatable bonds is 3. The molecule has 0 bridgehead atoms. The third-order valence-corrected chi connectivity index (χ3v) is 3.68. The second kappa shape index (κ2) is 5.52. The van der Waals surface area contributed by atoms with Crippen molar-refractivity contribution in [3.8, 4) is 5.75 Å². The lowest BCUT2D eigenvalue weighted by atomic mass is 10.1. The van der Waals surface area contributed by atoms with Crippen LogP contribution in [0, 0.1) is 6.92 Å². The summed E-state index contributed by atoms with van der Waals surface area (Å²) < 4.78 is 5.41. The van der Waals surface area contributed by atoms with E-state index in [1.54, 1.807) is 31.2 Å². The molecular formula is C17H15NO4. The van der Waals surface area contributed by atoms with Gasteiger partial charge in [0, 0.05) is 17.7 Å². The van der Waals surface area contributed by atoms with Crippen LogP contribution in [0.15, 0.2) is 36.4 Å². The zero-order valence-electron chi connectivity index (χ0n) is 12.1. The Morgan fingerprint density at radius 1 is 1.18 bits per heavy atom. The summed E-state index contributed by atoms with van der Waals surface area (Å²) in [4.78, 5) is 23.4. The normalized spacial score (nSPS) is 12.4. The molecule has 0 fully saturated rings. The fraction of sp³-hybridized carbons (Fsp3) is 0.176. The van der Waals surface area contributed by atoms with Gasteiger partial charge in [-0.2, -0.15) is 0 Å². The molecule has 0 saturated carbocycles. The van der Waals surface area contributed by atoms with Crippen molar-refractivity contribution in [2.45, 2.75) is 13.3 Å². The van der Waals surface area contributed by atoms with Crippen LogP contribution in [0.1, 0.15) is 31.8 Å². The van der Waals surface area contributed by atoms with Crippen LogP contribution in [-0.2, 0) is 6.42 Å². The highest BCUT2D eigenvalue weighted by Gasteiger charge is 2.16. The standard InChI is InChI=1S/C17H15NO4/c1-10-2-4-13(9-14(10)17(20)21)18-16(19)12-3-5-15-11(8-12)6-7-22-15/h2-5,8-9H,6-7H2,1H3,(H,18,19)(H,20,21). The summed E-state index contributed by atoms with van der Waals surface area (Å²) in [6.45, 7) is 2.36. The Morgan fingerprint density at radius 2 is 2.00 bits per heavy atom. The number of hydrogen-bond donors (Lipinski definition) is 2. The molecule has 1 heterocycles. The van der Waals surface area contributed by atoms with E-state index in [4.69, 9.17) is 9.84 Å². The Hall–Kier alpha value is -2.82. The Labute approximate surface area is 127 Å². The monoisotopic (exact) mass is 297 g/mol. The number of hydrogen-bond acceptors (Lipinski definition) is 3. The van der Waals surface area contributed by atoms with Crippen molar-refractivity contribution in [2.75, 3.05) is 11.9 Å². The molecule has 1 amide bonds. The van der Waals surface area contributed by atoms with Gasteiger partial charge in [-0.3, -0.25) is 4.79 Å². The lowest BCUT2D eigenvalue weighted by Gasteiger charge is -2.08. The van der Waals surface area contributed by atoms with Gasteiger partial charge in [0.1, 0.15) is 5.75 Å². The van der Waals surface area contributed by atoms with Crippen molar-refractivity contribution in [3.63, 3.8) is 0 Å². The fourth-order valence-electron chi connectivity index (χ4n) is 2.46. The molecule has 22 heavy (non-hydrogen) atoms. The molecule has 2 N–H and O–H groups in total. The van der Waals surface area contributed by atoms with Crippen LogP contribution in [0.2, 0.25) is 0 Å². The number of carboxylic acids is 1. The summed E-state index contributed by atoms with van der Waals surface area (Å²) in [6.07, 6.45) is 0.796. The van der Waals surface area contributed by atoms with Crippen LogP contribution in [0.5, 0.6) is 5.75 Å². The Bertz CT molecular complexity index is 767. The van der Waals surface area contributed by atoms with Crippen molar-refractivity contribution in [3.05, 3.63) is 58.7 Å². The number of anilines is 1. The molecule has 0 aromatic heterocycles. The topological polar surface area (TPSA) is 75.6 Å². The van der Waals surface area contributed by atoms with E-state index < -0.39 is 5.97 Å². The minimum absolute atomic E-state index is 0.181. The molecule has 0 spiro atoms. The van der Waals surface area contributed by atoms with Crippen molar-refractivity contribution in [1.29, 1.82) is 0 Å². The number of fused-ring (bicyclic) bond motifs is 1. The van der Waals surface area contributed by atoms with Gasteiger partial charge in [0.05, 0.1) is 12.2 Å². The first-order chi connectivity index (χ1) is 10.5. The van der Waals surface area contributed by atoms with Crippen LogP contribution >= 0.6 is 0 Å². The van der Waals surface area contributed by atoms with Crippen molar-refractivity contribution >= 4 is 17.6 Å². The average Bonchev–Trinajstić information content (AvgIpc) is 2.96. The van der Waals surface area contributed by atoms with Crippen LogP contribution in [0.3, 0.4) is 0 Å². The van der Waals surface area contributed by atoms with Crippen LogP contribution in [-0.4, -0.2) is 23.6 Å². The largest absolute Gasteiger partial charge is 0.493 e. The van der Waals surface area contributed by atoms with E-state index >= 15 is 0 Å². The lowest BCUT2D eigenvalue weighted by Crippen LogP contribution is -2.13. The van der Waals surface area contributed by atoms with Gasteiger partial charge in [-0.1, -0.05) is 6.07 Å². The van der Waals surface area contributed by atoms with Crippen molar-refractivity contribution in [2.24, 2.45) is 0 Å². The highest BCUT2D eigenvalue weighted by atomic mass is 16.5. The molecule has 1 aliphatic heterocycles. The van der Waals surface area contributed by atoms with E-state index in [-0.39, 0.29) is 11.5 Å². The SMILES string of the molecule is Cc1ccc(NC(=O)c2ccc3c(c2)CCO3)cc1C(=O)O. The van der Waals surface area contributed by atoms with Gasteiger partial charge in [0.25, 0.3) is 5.91 Å². The van der Waals surface area contributed by atoms with Crippen molar-refractivity contribution in [1.82, 2.24) is 0 Å². The van der Waals surface area contributed by atoms with E-state index in [1.165, 1.54) is 6.07 Å². The molecule has 0 saturated heterocycles. The molecule has 0 aliphatic carbocycles. The fourth-order valence-corrected chi connectivity index (χ4v) is 2.46. The van der Waals surface area contributed by atoms with Crippen molar-refractivity contribution < 1.29 is 19.4 Å². The number of amides is 1. The minimum Gasteiger partial charge on any atom is -0.493 e. The van der Waals surface area contributed by atoms with Crippen LogP contribution in [0.4, 0.5) is 5.69 Å². The third-order valence-electron chi connectivity index (χ3n) is 3.68. The molecule has 5 nitrogen and oxygen atoms in total. The number of carbonyl (C=O) groups is 2. The van der Waals surface area contributed by atoms with E-state index in [0.29, 0.717) is 23.4 Å². The van der Waals surface area contributed by atoms with Gasteiger partial charge in [-0.15, -0.1) is 0 Å². The van der Waals surface area contributed by atoms with Gasteiger partial charge in [0.2, 0.25) is 0 Å². The molecule has 5 heteroatoms. The highest BCUT2D eigenvalue weighted by Crippen LogP contribution is 2.26. The molecule has 0 atom stereocenters. The summed E-state index contributed by atoms with van der Waals surface area (Å²) >= 11 is 0. The van der Waals surface area contributed by atoms with Crippen LogP contribution in [0.25, 0.3) is 0 Å². The number of ether oxygens (including phenoxy) is 1. The second-order valence-electron chi connectivity index (χ2n) is 5.21. The third kappa shape index (κ3) is 2.65. The van der Waals surface area contributed by atoms with Gasteiger partial charge in [-0.05, 0) is 48.4 Å². The van der Waals surface area contributed by atoms with Gasteiger partial charge in [0.15, 0.2) is 0 Å². The Morgan fingerprint density at radius 3 is 2.77 bits per heavy atom. The number of nitrogens with one attached hydrogen (secondary N) is 1. The summed E-state index contributed by atoms with van der Waals surface area (Å²) in [5, 5.41) is 11.8. The maximum atomic E-state index is 12.3. The summed E-state index contributed by atoms with van der Waals surface area (Å²) in [5.74, 6) is -0.460. The maximum Gasteiger partial charge on any atom is 0.336 e.